The minimum atomic E-state index is -0.121. The van der Waals surface area contributed by atoms with Crippen molar-refractivity contribution in [2.45, 2.75) is 32.7 Å². The molecule has 1 heterocycles. The highest BCUT2D eigenvalue weighted by molar-refractivity contribution is 5.98. The topological polar surface area (TPSA) is 61.4 Å². The van der Waals surface area contributed by atoms with Crippen LogP contribution in [0, 0.1) is 0 Å². The molecule has 0 aliphatic carbocycles. The van der Waals surface area contributed by atoms with E-state index in [-0.39, 0.29) is 17.9 Å². The summed E-state index contributed by atoms with van der Waals surface area (Å²) in [5.74, 6) is -0.204. The quantitative estimate of drug-likeness (QED) is 0.840. The average molecular weight is 351 g/mol. The summed E-state index contributed by atoms with van der Waals surface area (Å²) >= 11 is 0. The van der Waals surface area contributed by atoms with Crippen LogP contribution in [0.1, 0.15) is 36.2 Å². The first kappa shape index (κ1) is 18.0. The molecular formula is C21H25N3O2. The van der Waals surface area contributed by atoms with E-state index in [9.17, 15) is 9.59 Å². The molecule has 0 saturated carbocycles. The monoisotopic (exact) mass is 351 g/mol. The molecule has 1 aliphatic rings. The highest BCUT2D eigenvalue weighted by Gasteiger charge is 2.20. The van der Waals surface area contributed by atoms with Gasteiger partial charge in [0.25, 0.3) is 5.91 Å². The first-order valence-electron chi connectivity index (χ1n) is 9.10. The predicted molar refractivity (Wildman–Crippen MR) is 105 cm³/mol. The highest BCUT2D eigenvalue weighted by Crippen LogP contribution is 2.27. The van der Waals surface area contributed by atoms with Crippen molar-refractivity contribution in [2.24, 2.45) is 0 Å². The molecule has 0 fully saturated rings. The molecule has 1 unspecified atom stereocenters. The molecule has 0 aromatic heterocycles. The Morgan fingerprint density at radius 2 is 1.96 bits per heavy atom. The molecule has 5 nitrogen and oxygen atoms in total. The second-order valence-corrected chi connectivity index (χ2v) is 6.71. The second kappa shape index (κ2) is 8.04. The normalized spacial score (nSPS) is 13.8. The molecule has 2 aromatic carbocycles. The molecule has 0 spiro atoms. The maximum absolute atomic E-state index is 12.4. The summed E-state index contributed by atoms with van der Waals surface area (Å²) in [6, 6.07) is 15.4. The van der Waals surface area contributed by atoms with Crippen molar-refractivity contribution in [3.63, 3.8) is 0 Å². The van der Waals surface area contributed by atoms with Crippen LogP contribution >= 0.6 is 0 Å². The van der Waals surface area contributed by atoms with Crippen LogP contribution in [-0.4, -0.2) is 30.9 Å². The number of carbonyl (C=O) groups excluding carboxylic acids is 2. The molecule has 2 amide bonds. The molecule has 2 N–H and O–H groups in total. The minimum Gasteiger partial charge on any atom is -0.362 e. The van der Waals surface area contributed by atoms with Crippen LogP contribution < -0.4 is 15.5 Å². The van der Waals surface area contributed by atoms with Gasteiger partial charge in [0.05, 0.1) is 6.54 Å². The summed E-state index contributed by atoms with van der Waals surface area (Å²) in [6.07, 6.45) is 1.84. The summed E-state index contributed by atoms with van der Waals surface area (Å²) in [6.45, 7) is 5.15. The van der Waals surface area contributed by atoms with Crippen LogP contribution in [0.25, 0.3) is 0 Å². The molecule has 3 rings (SSSR count). The van der Waals surface area contributed by atoms with Crippen molar-refractivity contribution in [3.8, 4) is 0 Å². The molecule has 26 heavy (non-hydrogen) atoms. The van der Waals surface area contributed by atoms with Gasteiger partial charge in [-0.2, -0.15) is 0 Å². The van der Waals surface area contributed by atoms with Gasteiger partial charge in [-0.3, -0.25) is 9.59 Å². The number of para-hydroxylation sites is 1. The number of anilines is 2. The number of hydrogen-bond donors (Lipinski definition) is 2. The van der Waals surface area contributed by atoms with E-state index in [0.717, 1.165) is 25.1 Å². The molecule has 0 saturated heterocycles. The Hall–Kier alpha value is -2.82. The van der Waals surface area contributed by atoms with Gasteiger partial charge in [0, 0.05) is 29.5 Å². The van der Waals surface area contributed by atoms with Gasteiger partial charge in [-0.15, -0.1) is 0 Å². The Labute approximate surface area is 154 Å². The fraction of sp³-hybridized carbons (Fsp3) is 0.333. The van der Waals surface area contributed by atoms with Gasteiger partial charge in [-0.05, 0) is 49.6 Å². The van der Waals surface area contributed by atoms with Gasteiger partial charge in [0.2, 0.25) is 5.91 Å². The van der Waals surface area contributed by atoms with Gasteiger partial charge in [-0.25, -0.2) is 0 Å². The molecule has 136 valence electrons. The van der Waals surface area contributed by atoms with E-state index >= 15 is 0 Å². The second-order valence-electron chi connectivity index (χ2n) is 6.71. The molecule has 1 aliphatic heterocycles. The number of carbonyl (C=O) groups is 2. The molecule has 0 radical (unpaired) electrons. The largest absolute Gasteiger partial charge is 0.362 e. The summed E-state index contributed by atoms with van der Waals surface area (Å²) in [7, 11) is 0. The first-order chi connectivity index (χ1) is 12.6. The number of nitrogens with zero attached hydrogens (tertiary/aromatic N) is 1. The Balaban J connectivity index is 1.61. The SMILES string of the molecule is CCC(C)NC(=O)c1cccc(NC(=O)CN2CCc3ccccc32)c1. The number of benzene rings is 2. The van der Waals surface area contributed by atoms with Gasteiger partial charge < -0.3 is 15.5 Å². The molecule has 2 aromatic rings. The fourth-order valence-electron chi connectivity index (χ4n) is 3.09. The number of fused-ring (bicyclic) bond motifs is 1. The molecule has 1 atom stereocenters. The third-order valence-corrected chi connectivity index (χ3v) is 4.72. The lowest BCUT2D eigenvalue weighted by Crippen LogP contribution is -2.32. The van der Waals surface area contributed by atoms with E-state index in [1.54, 1.807) is 24.3 Å². The van der Waals surface area contributed by atoms with Crippen molar-refractivity contribution in [2.75, 3.05) is 23.3 Å². The van der Waals surface area contributed by atoms with E-state index in [1.807, 2.05) is 26.0 Å². The van der Waals surface area contributed by atoms with E-state index in [1.165, 1.54) is 5.56 Å². The zero-order valence-corrected chi connectivity index (χ0v) is 15.3. The van der Waals surface area contributed by atoms with Gasteiger partial charge in [0.1, 0.15) is 0 Å². The Bertz CT molecular complexity index is 803. The van der Waals surface area contributed by atoms with Gasteiger partial charge in [-0.1, -0.05) is 31.2 Å². The number of amides is 2. The minimum absolute atomic E-state index is 0.0822. The maximum atomic E-state index is 12.4. The third kappa shape index (κ3) is 4.23. The van der Waals surface area contributed by atoms with Crippen LogP contribution in [-0.2, 0) is 11.2 Å². The lowest BCUT2D eigenvalue weighted by molar-refractivity contribution is -0.115. The molecule has 0 bridgehead atoms. The van der Waals surface area contributed by atoms with Crippen LogP contribution in [0.15, 0.2) is 48.5 Å². The summed E-state index contributed by atoms with van der Waals surface area (Å²) in [5, 5.41) is 5.84. The smallest absolute Gasteiger partial charge is 0.251 e. The Kier molecular flexibility index (Phi) is 5.56. The van der Waals surface area contributed by atoms with Crippen molar-refractivity contribution in [1.82, 2.24) is 5.32 Å². The zero-order valence-electron chi connectivity index (χ0n) is 15.3. The predicted octanol–water partition coefficient (Wildman–Crippen LogP) is 3.22. The zero-order chi connectivity index (χ0) is 18.5. The number of hydrogen-bond acceptors (Lipinski definition) is 3. The van der Waals surface area contributed by atoms with Crippen molar-refractivity contribution >= 4 is 23.2 Å². The lowest BCUT2D eigenvalue weighted by Gasteiger charge is -2.19. The van der Waals surface area contributed by atoms with Crippen molar-refractivity contribution < 1.29 is 9.59 Å². The number of rotatable bonds is 6. The van der Waals surface area contributed by atoms with Gasteiger partial charge in [0.15, 0.2) is 0 Å². The first-order valence-corrected chi connectivity index (χ1v) is 9.10. The van der Waals surface area contributed by atoms with E-state index in [0.29, 0.717) is 17.8 Å². The van der Waals surface area contributed by atoms with Gasteiger partial charge >= 0.3 is 0 Å². The number of nitrogens with one attached hydrogen (secondary N) is 2. The van der Waals surface area contributed by atoms with E-state index in [4.69, 9.17) is 0 Å². The highest BCUT2D eigenvalue weighted by atomic mass is 16.2. The summed E-state index contributed by atoms with van der Waals surface area (Å²) in [5.41, 5.74) is 3.60. The van der Waals surface area contributed by atoms with Crippen LogP contribution in [0.5, 0.6) is 0 Å². The van der Waals surface area contributed by atoms with Crippen LogP contribution in [0.2, 0.25) is 0 Å². The molecule has 5 heteroatoms. The van der Waals surface area contributed by atoms with E-state index < -0.39 is 0 Å². The average Bonchev–Trinajstić information content (AvgIpc) is 3.04. The van der Waals surface area contributed by atoms with Crippen LogP contribution in [0.3, 0.4) is 0 Å². The lowest BCUT2D eigenvalue weighted by atomic mass is 10.1. The molecular weight excluding hydrogens is 326 g/mol. The third-order valence-electron chi connectivity index (χ3n) is 4.72. The fourth-order valence-corrected chi connectivity index (χ4v) is 3.09. The standard InChI is InChI=1S/C21H25N3O2/c1-3-15(2)22-21(26)17-8-6-9-18(13-17)23-20(25)14-24-12-11-16-7-4-5-10-19(16)24/h4-10,13,15H,3,11-12,14H2,1-2H3,(H,22,26)(H,23,25). The van der Waals surface area contributed by atoms with E-state index in [2.05, 4.69) is 27.7 Å². The van der Waals surface area contributed by atoms with Crippen molar-refractivity contribution in [1.29, 1.82) is 0 Å². The maximum Gasteiger partial charge on any atom is 0.251 e. The van der Waals surface area contributed by atoms with Crippen LogP contribution in [0.4, 0.5) is 11.4 Å². The summed E-state index contributed by atoms with van der Waals surface area (Å²) in [4.78, 5) is 26.8. The van der Waals surface area contributed by atoms with Crippen molar-refractivity contribution in [3.05, 3.63) is 59.7 Å². The summed E-state index contributed by atoms with van der Waals surface area (Å²) < 4.78 is 0. The Morgan fingerprint density at radius 3 is 2.77 bits per heavy atom. The Morgan fingerprint density at radius 1 is 1.15 bits per heavy atom.